The third-order valence-electron chi connectivity index (χ3n) is 5.41. The van der Waals surface area contributed by atoms with Gasteiger partial charge in [0.25, 0.3) is 0 Å². The van der Waals surface area contributed by atoms with Crippen LogP contribution in [0.4, 0.5) is 17.6 Å². The highest BCUT2D eigenvalue weighted by Crippen LogP contribution is 2.35. The summed E-state index contributed by atoms with van der Waals surface area (Å²) in [4.78, 5) is 16.5. The minimum atomic E-state index is -4.81. The number of carbonyl (C=O) groups excluding carboxylic acids is 1. The van der Waals surface area contributed by atoms with Crippen LogP contribution < -0.4 is 10.1 Å². The number of thiazole rings is 1. The van der Waals surface area contributed by atoms with Gasteiger partial charge >= 0.3 is 6.36 Å². The molecule has 1 amide bonds. The summed E-state index contributed by atoms with van der Waals surface area (Å²) < 4.78 is 61.9. The summed E-state index contributed by atoms with van der Waals surface area (Å²) in [6, 6.07) is 10.1. The van der Waals surface area contributed by atoms with Crippen LogP contribution in [-0.4, -0.2) is 33.0 Å². The predicted octanol–water partition coefficient (Wildman–Crippen LogP) is 4.69. The number of halogens is 4. The predicted molar refractivity (Wildman–Crippen MR) is 118 cm³/mol. The van der Waals surface area contributed by atoms with Crippen LogP contribution in [0.1, 0.15) is 29.6 Å². The maximum Gasteiger partial charge on any atom is 0.573 e. The van der Waals surface area contributed by atoms with E-state index >= 15 is 4.39 Å². The van der Waals surface area contributed by atoms with Gasteiger partial charge in [0.1, 0.15) is 28.5 Å². The van der Waals surface area contributed by atoms with Gasteiger partial charge in [-0.3, -0.25) is 4.79 Å². The van der Waals surface area contributed by atoms with E-state index in [9.17, 15) is 18.0 Å². The molecule has 0 atom stereocenters. The number of fused-ring (bicyclic) bond motifs is 1. The van der Waals surface area contributed by atoms with Crippen molar-refractivity contribution in [2.24, 2.45) is 0 Å². The number of carbonyl (C=O) groups is 1. The SMILES string of the molecule is N#CC1(NC(=O)Cc2nnc(Cc3nc4ccc(-c5ccc(OC(F)(F)F)cc5)c(F)c4s3)o2)CC1. The van der Waals surface area contributed by atoms with E-state index in [2.05, 4.69) is 31.3 Å². The summed E-state index contributed by atoms with van der Waals surface area (Å²) in [5, 5.41) is 19.9. The quantitative estimate of drug-likeness (QED) is 0.354. The molecule has 2 heterocycles. The number of hydrogen-bond donors (Lipinski definition) is 1. The van der Waals surface area contributed by atoms with Gasteiger partial charge in [-0.25, -0.2) is 9.37 Å². The number of rotatable bonds is 7. The van der Waals surface area contributed by atoms with Crippen LogP contribution >= 0.6 is 11.3 Å². The summed E-state index contributed by atoms with van der Waals surface area (Å²) in [5.41, 5.74) is 0.192. The molecule has 0 unspecified atom stereocenters. The Morgan fingerprint density at radius 3 is 2.56 bits per heavy atom. The van der Waals surface area contributed by atoms with Crippen LogP contribution in [0.3, 0.4) is 0 Å². The van der Waals surface area contributed by atoms with Crippen molar-refractivity contribution in [2.75, 3.05) is 0 Å². The Labute approximate surface area is 204 Å². The maximum atomic E-state index is 15.2. The fraction of sp³-hybridized carbons (Fsp3) is 0.261. The lowest BCUT2D eigenvalue weighted by atomic mass is 10.0. The highest BCUT2D eigenvalue weighted by Gasteiger charge is 2.44. The van der Waals surface area contributed by atoms with Crippen LogP contribution in [-0.2, 0) is 17.6 Å². The Balaban J connectivity index is 1.29. The molecule has 2 aromatic carbocycles. The number of aromatic nitrogens is 3. The molecule has 4 aromatic rings. The highest BCUT2D eigenvalue weighted by atomic mass is 32.1. The number of nitrogens with one attached hydrogen (secondary N) is 1. The standard InChI is InChI=1S/C23H15F4N5O3S/c24-20-14(12-1-3-13(4-2-12)35-23(25,26)27)5-6-15-21(20)36-19(29-15)10-18-32-31-17(34-18)9-16(33)30-22(11-28)7-8-22/h1-6H,7-10H2,(H,30,33). The maximum absolute atomic E-state index is 15.2. The minimum Gasteiger partial charge on any atom is -0.424 e. The average molecular weight is 517 g/mol. The number of nitrogens with zero attached hydrogens (tertiary/aromatic N) is 4. The Morgan fingerprint density at radius 1 is 1.17 bits per heavy atom. The van der Waals surface area contributed by atoms with E-state index < -0.39 is 29.4 Å². The van der Waals surface area contributed by atoms with Crippen LogP contribution in [0.5, 0.6) is 5.75 Å². The minimum absolute atomic E-state index is 0.0868. The zero-order valence-corrected chi connectivity index (χ0v) is 19.0. The second-order valence-corrected chi connectivity index (χ2v) is 9.22. The number of amides is 1. The number of alkyl halides is 3. The average Bonchev–Trinajstić information content (AvgIpc) is 3.24. The Hall–Kier alpha value is -4.05. The molecule has 8 nitrogen and oxygen atoms in total. The molecule has 13 heteroatoms. The van der Waals surface area contributed by atoms with Crippen molar-refractivity contribution >= 4 is 27.5 Å². The van der Waals surface area contributed by atoms with Gasteiger partial charge in [0, 0.05) is 5.56 Å². The normalized spacial score (nSPS) is 14.4. The van der Waals surface area contributed by atoms with E-state index in [0.29, 0.717) is 28.9 Å². The molecule has 0 aliphatic heterocycles. The molecule has 0 saturated heterocycles. The van der Waals surface area contributed by atoms with E-state index in [1.807, 2.05) is 0 Å². The van der Waals surface area contributed by atoms with Gasteiger partial charge < -0.3 is 14.5 Å². The van der Waals surface area contributed by atoms with Crippen molar-refractivity contribution in [1.29, 1.82) is 5.26 Å². The molecule has 2 aromatic heterocycles. The highest BCUT2D eigenvalue weighted by molar-refractivity contribution is 7.18. The van der Waals surface area contributed by atoms with Crippen LogP contribution in [0.15, 0.2) is 40.8 Å². The molecule has 36 heavy (non-hydrogen) atoms. The first-order chi connectivity index (χ1) is 17.1. The van der Waals surface area contributed by atoms with E-state index in [1.54, 1.807) is 6.07 Å². The van der Waals surface area contributed by atoms with Crippen LogP contribution in [0.2, 0.25) is 0 Å². The van der Waals surface area contributed by atoms with Crippen LogP contribution in [0, 0.1) is 17.1 Å². The van der Waals surface area contributed by atoms with E-state index in [0.717, 1.165) is 23.5 Å². The lowest BCUT2D eigenvalue weighted by Gasteiger charge is -2.09. The van der Waals surface area contributed by atoms with Crippen molar-refractivity contribution < 1.29 is 31.5 Å². The van der Waals surface area contributed by atoms with Gasteiger partial charge in [-0.15, -0.1) is 34.7 Å². The fourth-order valence-electron chi connectivity index (χ4n) is 3.54. The second kappa shape index (κ2) is 8.87. The Morgan fingerprint density at radius 2 is 1.89 bits per heavy atom. The lowest BCUT2D eigenvalue weighted by molar-refractivity contribution is -0.274. The molecular formula is C23H15F4N5O3S. The molecule has 0 spiro atoms. The number of benzene rings is 2. The van der Waals surface area contributed by atoms with Gasteiger partial charge in [0.15, 0.2) is 0 Å². The Bertz CT molecular complexity index is 1490. The summed E-state index contributed by atoms with van der Waals surface area (Å²) in [6.45, 7) is 0. The first-order valence-electron chi connectivity index (χ1n) is 10.6. The third-order valence-corrected chi connectivity index (χ3v) is 6.47. The summed E-state index contributed by atoms with van der Waals surface area (Å²) in [7, 11) is 0. The smallest absolute Gasteiger partial charge is 0.424 e. The van der Waals surface area contributed by atoms with Crippen molar-refractivity contribution in [2.45, 2.75) is 37.6 Å². The van der Waals surface area contributed by atoms with Crippen LogP contribution in [0.25, 0.3) is 21.3 Å². The number of nitriles is 1. The van der Waals surface area contributed by atoms with Crippen molar-refractivity contribution in [3.05, 3.63) is 59.0 Å². The first kappa shape index (κ1) is 23.7. The lowest BCUT2D eigenvalue weighted by Crippen LogP contribution is -2.36. The van der Waals surface area contributed by atoms with Gasteiger partial charge in [0.2, 0.25) is 17.7 Å². The second-order valence-electron chi connectivity index (χ2n) is 8.14. The molecule has 1 aliphatic rings. The number of hydrogen-bond acceptors (Lipinski definition) is 8. The number of ether oxygens (including phenoxy) is 1. The van der Waals surface area contributed by atoms with Gasteiger partial charge in [-0.1, -0.05) is 12.1 Å². The summed E-state index contributed by atoms with van der Waals surface area (Å²) >= 11 is 1.08. The monoisotopic (exact) mass is 517 g/mol. The molecule has 1 fully saturated rings. The fourth-order valence-corrected chi connectivity index (χ4v) is 4.53. The van der Waals surface area contributed by atoms with Gasteiger partial charge in [-0.05, 0) is 42.7 Å². The van der Waals surface area contributed by atoms with Crippen molar-refractivity contribution in [3.8, 4) is 22.9 Å². The zero-order chi connectivity index (χ0) is 25.5. The molecule has 184 valence electrons. The van der Waals surface area contributed by atoms with Gasteiger partial charge in [0.05, 0.1) is 22.7 Å². The molecular weight excluding hydrogens is 502 g/mol. The van der Waals surface area contributed by atoms with E-state index in [-0.39, 0.29) is 34.9 Å². The summed E-state index contributed by atoms with van der Waals surface area (Å²) in [6.07, 6.45) is -3.64. The van der Waals surface area contributed by atoms with Crippen molar-refractivity contribution in [3.63, 3.8) is 0 Å². The van der Waals surface area contributed by atoms with Crippen molar-refractivity contribution in [1.82, 2.24) is 20.5 Å². The van der Waals surface area contributed by atoms with E-state index in [1.165, 1.54) is 18.2 Å². The summed E-state index contributed by atoms with van der Waals surface area (Å²) in [5.74, 6) is -1.07. The molecule has 1 aliphatic carbocycles. The first-order valence-corrected chi connectivity index (χ1v) is 11.4. The third kappa shape index (κ3) is 5.13. The zero-order valence-electron chi connectivity index (χ0n) is 18.2. The molecule has 5 rings (SSSR count). The van der Waals surface area contributed by atoms with Gasteiger partial charge in [-0.2, -0.15) is 5.26 Å². The topological polar surface area (TPSA) is 114 Å². The largest absolute Gasteiger partial charge is 0.573 e. The molecule has 0 radical (unpaired) electrons. The molecule has 0 bridgehead atoms. The molecule has 1 saturated carbocycles. The van der Waals surface area contributed by atoms with E-state index in [4.69, 9.17) is 9.68 Å². The molecule has 1 N–H and O–H groups in total. The Kier molecular flexibility index (Phi) is 5.83.